The van der Waals surface area contributed by atoms with Crippen LogP contribution >= 0.6 is 0 Å². The maximum Gasteiger partial charge on any atom is 0.416 e. The second-order valence-corrected chi connectivity index (χ2v) is 7.87. The van der Waals surface area contributed by atoms with E-state index in [1.165, 1.54) is 12.1 Å². The van der Waals surface area contributed by atoms with Crippen molar-refractivity contribution in [1.82, 2.24) is 4.72 Å². The molecule has 0 fully saturated rings. The summed E-state index contributed by atoms with van der Waals surface area (Å²) in [5.41, 5.74) is -0.204. The predicted octanol–water partition coefficient (Wildman–Crippen LogP) is 1.44. The molecule has 1 aliphatic heterocycles. The molecule has 0 aromatic heterocycles. The van der Waals surface area contributed by atoms with E-state index in [0.717, 1.165) is 4.90 Å². The molecule has 1 aliphatic rings. The quantitative estimate of drug-likeness (QED) is 0.798. The summed E-state index contributed by atoms with van der Waals surface area (Å²) in [5, 5.41) is 9.31. The number of hydrogen-bond acceptors (Lipinski definition) is 5. The molecular weight excluding hydrogens is 324 g/mol. The minimum Gasteiger partial charge on any atom is -0.479 e. The van der Waals surface area contributed by atoms with Crippen molar-refractivity contribution < 1.29 is 27.9 Å². The number of hydrogen-bond donors (Lipinski definition) is 2. The second kappa shape index (κ2) is 5.50. The zero-order valence-corrected chi connectivity index (χ0v) is 14.0. The van der Waals surface area contributed by atoms with E-state index in [-0.39, 0.29) is 10.6 Å². The molecule has 1 aromatic carbocycles. The van der Waals surface area contributed by atoms with Crippen molar-refractivity contribution in [1.29, 1.82) is 0 Å². The molecule has 9 heteroatoms. The highest BCUT2D eigenvalue weighted by atomic mass is 32.2. The fraction of sp³-hybridized carbons (Fsp3) is 0.429. The van der Waals surface area contributed by atoms with E-state index in [0.29, 0.717) is 5.56 Å². The number of anilines is 1. The van der Waals surface area contributed by atoms with Gasteiger partial charge in [0, 0.05) is 0 Å². The summed E-state index contributed by atoms with van der Waals surface area (Å²) in [6.45, 7) is 6.60. The van der Waals surface area contributed by atoms with E-state index < -0.39 is 33.9 Å². The van der Waals surface area contributed by atoms with Crippen LogP contribution in [0.1, 0.15) is 26.3 Å². The van der Waals surface area contributed by atoms with Gasteiger partial charge >= 0.3 is 12.1 Å². The number of nitrogens with one attached hydrogen (secondary N) is 1. The summed E-state index contributed by atoms with van der Waals surface area (Å²) in [7, 11) is -4.04. The van der Waals surface area contributed by atoms with Gasteiger partial charge < -0.3 is 9.84 Å². The minimum atomic E-state index is -4.04. The van der Waals surface area contributed by atoms with Crippen molar-refractivity contribution >= 4 is 27.8 Å². The van der Waals surface area contributed by atoms with Crippen LogP contribution in [0.4, 0.5) is 10.5 Å². The van der Waals surface area contributed by atoms with Crippen molar-refractivity contribution in [2.24, 2.45) is 0 Å². The molecule has 0 saturated heterocycles. The van der Waals surface area contributed by atoms with Gasteiger partial charge in [-0.05, 0) is 45.4 Å². The van der Waals surface area contributed by atoms with Crippen LogP contribution in [-0.2, 0) is 19.6 Å². The number of fused-ring (bicyclic) bond motifs is 1. The maximum absolute atomic E-state index is 12.4. The third-order valence-corrected chi connectivity index (χ3v) is 4.47. The number of nitrogens with zero attached hydrogens (tertiary/aromatic N) is 1. The third-order valence-electron chi connectivity index (χ3n) is 3.01. The SMILES string of the molecule is Cc1ccc2c(c1)N(C(=O)OC(C)(C)C)C(C(=O)O)NS2(=O)=O. The number of ether oxygens (including phenoxy) is 1. The molecule has 0 radical (unpaired) electrons. The zero-order chi connectivity index (χ0) is 17.6. The number of carbonyl (C=O) groups is 2. The third kappa shape index (κ3) is 3.45. The molecule has 1 heterocycles. The van der Waals surface area contributed by atoms with Gasteiger partial charge in [0.15, 0.2) is 0 Å². The maximum atomic E-state index is 12.4. The van der Waals surface area contributed by atoms with Crippen molar-refractivity contribution in [2.45, 2.75) is 44.4 Å². The fourth-order valence-corrected chi connectivity index (χ4v) is 3.43. The first-order valence-corrected chi connectivity index (χ1v) is 8.29. The summed E-state index contributed by atoms with van der Waals surface area (Å²) in [6.07, 6.45) is -2.72. The van der Waals surface area contributed by atoms with E-state index in [2.05, 4.69) is 0 Å². The number of amides is 1. The first kappa shape index (κ1) is 17.2. The lowest BCUT2D eigenvalue weighted by Crippen LogP contribution is -2.59. The van der Waals surface area contributed by atoms with Gasteiger partial charge in [0.2, 0.25) is 16.2 Å². The first-order chi connectivity index (χ1) is 10.4. The summed E-state index contributed by atoms with van der Waals surface area (Å²) < 4.78 is 31.6. The van der Waals surface area contributed by atoms with Crippen LogP contribution in [0.15, 0.2) is 23.1 Å². The standard InChI is InChI=1S/C14H18N2O6S/c1-8-5-6-10-9(7-8)16(13(19)22-14(2,3)4)11(12(17)18)15-23(10,20)21/h5-7,11,15H,1-4H3,(H,17,18). The van der Waals surface area contributed by atoms with Gasteiger partial charge in [-0.3, -0.25) is 0 Å². The molecule has 1 atom stereocenters. The summed E-state index contributed by atoms with van der Waals surface area (Å²) >= 11 is 0. The molecule has 0 bridgehead atoms. The molecule has 2 rings (SSSR count). The number of aryl methyl sites for hydroxylation is 1. The highest BCUT2D eigenvalue weighted by molar-refractivity contribution is 7.89. The lowest BCUT2D eigenvalue weighted by molar-refractivity contribution is -0.139. The Morgan fingerprint density at radius 1 is 1.30 bits per heavy atom. The molecule has 0 saturated carbocycles. The fourth-order valence-electron chi connectivity index (χ4n) is 2.12. The highest BCUT2D eigenvalue weighted by Crippen LogP contribution is 2.33. The van der Waals surface area contributed by atoms with Crippen LogP contribution in [0, 0.1) is 6.92 Å². The van der Waals surface area contributed by atoms with E-state index in [1.807, 2.05) is 4.72 Å². The molecule has 1 amide bonds. The number of carbonyl (C=O) groups excluding carboxylic acids is 1. The van der Waals surface area contributed by atoms with Gasteiger partial charge in [0.1, 0.15) is 10.5 Å². The number of benzene rings is 1. The Balaban J connectivity index is 2.63. The average molecular weight is 342 g/mol. The Morgan fingerprint density at radius 3 is 2.43 bits per heavy atom. The topological polar surface area (TPSA) is 113 Å². The van der Waals surface area contributed by atoms with Crippen LogP contribution in [0.2, 0.25) is 0 Å². The lowest BCUT2D eigenvalue weighted by atomic mass is 10.2. The molecule has 8 nitrogen and oxygen atoms in total. The van der Waals surface area contributed by atoms with Crippen LogP contribution in [0.5, 0.6) is 0 Å². The van der Waals surface area contributed by atoms with E-state index in [1.54, 1.807) is 33.8 Å². The monoisotopic (exact) mass is 342 g/mol. The second-order valence-electron chi connectivity index (χ2n) is 6.18. The van der Waals surface area contributed by atoms with Gasteiger partial charge in [-0.1, -0.05) is 6.07 Å². The van der Waals surface area contributed by atoms with Crippen LogP contribution in [-0.4, -0.2) is 37.4 Å². The number of carboxylic acid groups (broad SMARTS) is 1. The molecule has 23 heavy (non-hydrogen) atoms. The zero-order valence-electron chi connectivity index (χ0n) is 13.2. The number of aliphatic carboxylic acids is 1. The number of carboxylic acids is 1. The molecule has 1 aromatic rings. The van der Waals surface area contributed by atoms with E-state index in [9.17, 15) is 23.1 Å². The Morgan fingerprint density at radius 2 is 1.91 bits per heavy atom. The highest BCUT2D eigenvalue weighted by Gasteiger charge is 2.43. The minimum absolute atomic E-state index is 0.0228. The van der Waals surface area contributed by atoms with Crippen molar-refractivity contribution in [2.75, 3.05) is 4.90 Å². The van der Waals surface area contributed by atoms with Crippen molar-refractivity contribution in [3.05, 3.63) is 23.8 Å². The number of rotatable bonds is 1. The van der Waals surface area contributed by atoms with Gasteiger partial charge in [0.25, 0.3) is 0 Å². The molecule has 0 spiro atoms. The predicted molar refractivity (Wildman–Crippen MR) is 81.6 cm³/mol. The Bertz CT molecular complexity index is 766. The van der Waals surface area contributed by atoms with Gasteiger partial charge in [-0.15, -0.1) is 0 Å². The molecular formula is C14H18N2O6S. The average Bonchev–Trinajstić information content (AvgIpc) is 2.34. The smallest absolute Gasteiger partial charge is 0.416 e. The summed E-state index contributed by atoms with van der Waals surface area (Å²) in [6, 6.07) is 4.32. The van der Waals surface area contributed by atoms with Gasteiger partial charge in [-0.25, -0.2) is 22.9 Å². The van der Waals surface area contributed by atoms with Crippen LogP contribution in [0.3, 0.4) is 0 Å². The van der Waals surface area contributed by atoms with Gasteiger partial charge in [-0.2, -0.15) is 4.72 Å². The summed E-state index contributed by atoms with van der Waals surface area (Å²) in [5.74, 6) is -1.51. The van der Waals surface area contributed by atoms with E-state index in [4.69, 9.17) is 4.74 Å². The van der Waals surface area contributed by atoms with E-state index >= 15 is 0 Å². The lowest BCUT2D eigenvalue weighted by Gasteiger charge is -2.35. The largest absolute Gasteiger partial charge is 0.479 e. The molecule has 126 valence electrons. The Kier molecular flexibility index (Phi) is 4.12. The summed E-state index contributed by atoms with van der Waals surface area (Å²) in [4.78, 5) is 24.5. The van der Waals surface area contributed by atoms with Crippen LogP contribution in [0.25, 0.3) is 0 Å². The molecule has 0 aliphatic carbocycles. The van der Waals surface area contributed by atoms with Crippen LogP contribution < -0.4 is 9.62 Å². The van der Waals surface area contributed by atoms with Crippen molar-refractivity contribution in [3.8, 4) is 0 Å². The number of sulfonamides is 1. The molecule has 1 unspecified atom stereocenters. The van der Waals surface area contributed by atoms with Crippen molar-refractivity contribution in [3.63, 3.8) is 0 Å². The van der Waals surface area contributed by atoms with Gasteiger partial charge in [0.05, 0.1) is 5.69 Å². The first-order valence-electron chi connectivity index (χ1n) is 6.80. The molecule has 2 N–H and O–H groups in total. The normalized spacial score (nSPS) is 19.8. The Labute approximate surface area is 134 Å². The Hall–Kier alpha value is -2.13.